The number of ether oxygens (including phenoxy) is 1. The van der Waals surface area contributed by atoms with E-state index in [0.29, 0.717) is 6.54 Å². The Morgan fingerprint density at radius 1 is 1.40 bits per heavy atom. The average molecular weight is 227 g/mol. The summed E-state index contributed by atoms with van der Waals surface area (Å²) in [4.78, 5) is 24.1. The average Bonchev–Trinajstić information content (AvgIpc) is 2.72. The second kappa shape index (κ2) is 5.50. The lowest BCUT2D eigenvalue weighted by Gasteiger charge is -2.00. The first-order valence-electron chi connectivity index (χ1n) is 4.61. The van der Waals surface area contributed by atoms with Gasteiger partial charge in [-0.25, -0.2) is 4.79 Å². The second-order valence-corrected chi connectivity index (χ2v) is 4.15. The fourth-order valence-corrected chi connectivity index (χ4v) is 1.94. The molecule has 0 fully saturated rings. The van der Waals surface area contributed by atoms with Gasteiger partial charge in [-0.3, -0.25) is 4.79 Å². The number of hydrogen-bond acceptors (Lipinski definition) is 4. The number of amides is 1. The Morgan fingerprint density at radius 2 is 2.07 bits per heavy atom. The highest BCUT2D eigenvalue weighted by molar-refractivity contribution is 7.11. The molecule has 0 aromatic carbocycles. The maximum Gasteiger partial charge on any atom is 0.396 e. The molecule has 0 aliphatic heterocycles. The van der Waals surface area contributed by atoms with E-state index >= 15 is 0 Å². The quantitative estimate of drug-likeness (QED) is 0.621. The van der Waals surface area contributed by atoms with E-state index in [1.807, 2.05) is 12.1 Å². The van der Waals surface area contributed by atoms with Crippen molar-refractivity contribution >= 4 is 23.2 Å². The second-order valence-electron chi connectivity index (χ2n) is 2.90. The normalized spacial score (nSPS) is 9.73. The van der Waals surface area contributed by atoms with Crippen molar-refractivity contribution < 1.29 is 14.3 Å². The van der Waals surface area contributed by atoms with Crippen molar-refractivity contribution in [3.8, 4) is 0 Å². The van der Waals surface area contributed by atoms with Crippen molar-refractivity contribution in [3.63, 3.8) is 0 Å². The minimum atomic E-state index is -0.859. The highest BCUT2D eigenvalue weighted by atomic mass is 32.1. The van der Waals surface area contributed by atoms with Gasteiger partial charge >= 0.3 is 11.9 Å². The molecule has 1 N–H and O–H groups in total. The molecule has 1 heterocycles. The molecule has 1 amide bonds. The van der Waals surface area contributed by atoms with Crippen LogP contribution in [0.5, 0.6) is 0 Å². The van der Waals surface area contributed by atoms with Gasteiger partial charge in [0.2, 0.25) is 0 Å². The standard InChI is InChI=1S/C10H13NO3S/c1-3-7-4-5-8(15-7)6-11-9(12)10(13)14-2/h4-5H,3,6H2,1-2H3,(H,11,12). The number of thiophene rings is 1. The van der Waals surface area contributed by atoms with Crippen LogP contribution < -0.4 is 5.32 Å². The molecule has 82 valence electrons. The largest absolute Gasteiger partial charge is 0.462 e. The third-order valence-corrected chi connectivity index (χ3v) is 3.09. The fourth-order valence-electron chi connectivity index (χ4n) is 1.04. The van der Waals surface area contributed by atoms with Crippen molar-refractivity contribution in [2.45, 2.75) is 19.9 Å². The molecule has 0 atom stereocenters. The van der Waals surface area contributed by atoms with Crippen LogP contribution in [0.4, 0.5) is 0 Å². The Hall–Kier alpha value is -1.36. The third kappa shape index (κ3) is 3.36. The van der Waals surface area contributed by atoms with Gasteiger partial charge < -0.3 is 10.1 Å². The monoisotopic (exact) mass is 227 g/mol. The van der Waals surface area contributed by atoms with Crippen molar-refractivity contribution in [3.05, 3.63) is 21.9 Å². The summed E-state index contributed by atoms with van der Waals surface area (Å²) < 4.78 is 4.28. The van der Waals surface area contributed by atoms with Gasteiger partial charge in [0.1, 0.15) is 0 Å². The lowest BCUT2D eigenvalue weighted by molar-refractivity contribution is -0.152. The zero-order chi connectivity index (χ0) is 11.3. The number of carbonyl (C=O) groups excluding carboxylic acids is 2. The first-order chi connectivity index (χ1) is 7.17. The Kier molecular flexibility index (Phi) is 4.30. The first kappa shape index (κ1) is 11.7. The molecular formula is C10H13NO3S. The van der Waals surface area contributed by atoms with Gasteiger partial charge in [-0.05, 0) is 18.6 Å². The van der Waals surface area contributed by atoms with E-state index in [9.17, 15) is 9.59 Å². The Bertz CT molecular complexity index is 359. The van der Waals surface area contributed by atoms with Gasteiger partial charge in [0, 0.05) is 9.75 Å². The van der Waals surface area contributed by atoms with Gasteiger partial charge in [0.05, 0.1) is 13.7 Å². The molecule has 0 saturated carbocycles. The van der Waals surface area contributed by atoms with E-state index in [-0.39, 0.29) is 0 Å². The predicted octanol–water partition coefficient (Wildman–Crippen LogP) is 1.10. The maximum absolute atomic E-state index is 11.0. The van der Waals surface area contributed by atoms with Crippen LogP contribution >= 0.6 is 11.3 Å². The maximum atomic E-state index is 11.0. The number of aryl methyl sites for hydroxylation is 1. The number of rotatable bonds is 3. The zero-order valence-electron chi connectivity index (χ0n) is 8.70. The molecule has 0 spiro atoms. The van der Waals surface area contributed by atoms with E-state index in [1.165, 1.54) is 12.0 Å². The summed E-state index contributed by atoms with van der Waals surface area (Å²) in [5.41, 5.74) is 0. The molecule has 4 nitrogen and oxygen atoms in total. The van der Waals surface area contributed by atoms with Crippen molar-refractivity contribution in [1.29, 1.82) is 0 Å². The van der Waals surface area contributed by atoms with E-state index < -0.39 is 11.9 Å². The van der Waals surface area contributed by atoms with Crippen LogP contribution in [0, 0.1) is 0 Å². The van der Waals surface area contributed by atoms with Gasteiger partial charge in [0.15, 0.2) is 0 Å². The molecule has 0 aliphatic carbocycles. The number of hydrogen-bond donors (Lipinski definition) is 1. The Labute approximate surface area is 92.2 Å². The fraction of sp³-hybridized carbons (Fsp3) is 0.400. The number of methoxy groups -OCH3 is 1. The molecule has 0 bridgehead atoms. The first-order valence-corrected chi connectivity index (χ1v) is 5.42. The molecule has 0 saturated heterocycles. The lowest BCUT2D eigenvalue weighted by atomic mass is 10.3. The molecule has 0 unspecified atom stereocenters. The van der Waals surface area contributed by atoms with E-state index in [2.05, 4.69) is 17.0 Å². The van der Waals surface area contributed by atoms with Crippen LogP contribution in [0.3, 0.4) is 0 Å². The highest BCUT2D eigenvalue weighted by Gasteiger charge is 2.12. The van der Waals surface area contributed by atoms with E-state index in [1.54, 1.807) is 11.3 Å². The molecule has 15 heavy (non-hydrogen) atoms. The van der Waals surface area contributed by atoms with Gasteiger partial charge in [-0.2, -0.15) is 0 Å². The molecule has 1 aromatic heterocycles. The van der Waals surface area contributed by atoms with Crippen LogP contribution in [0.25, 0.3) is 0 Å². The van der Waals surface area contributed by atoms with Crippen molar-refractivity contribution in [2.24, 2.45) is 0 Å². The SMILES string of the molecule is CCc1ccc(CNC(=O)C(=O)OC)s1. The number of nitrogens with one attached hydrogen (secondary N) is 1. The van der Waals surface area contributed by atoms with Crippen molar-refractivity contribution in [2.75, 3.05) is 7.11 Å². The summed E-state index contributed by atoms with van der Waals surface area (Å²) in [6, 6.07) is 3.96. The Morgan fingerprint density at radius 3 is 2.60 bits per heavy atom. The lowest BCUT2D eigenvalue weighted by Crippen LogP contribution is -2.31. The number of carbonyl (C=O) groups is 2. The zero-order valence-corrected chi connectivity index (χ0v) is 9.52. The molecule has 1 rings (SSSR count). The third-order valence-electron chi connectivity index (χ3n) is 1.86. The smallest absolute Gasteiger partial charge is 0.396 e. The van der Waals surface area contributed by atoms with E-state index in [0.717, 1.165) is 11.3 Å². The summed E-state index contributed by atoms with van der Waals surface area (Å²) in [5, 5.41) is 2.48. The predicted molar refractivity (Wildman–Crippen MR) is 57.6 cm³/mol. The van der Waals surface area contributed by atoms with Crippen LogP contribution in [0.15, 0.2) is 12.1 Å². The topological polar surface area (TPSA) is 55.4 Å². The number of esters is 1. The summed E-state index contributed by atoms with van der Waals surface area (Å²) in [5.74, 6) is -1.56. The van der Waals surface area contributed by atoms with Gasteiger partial charge in [-0.15, -0.1) is 11.3 Å². The van der Waals surface area contributed by atoms with Gasteiger partial charge in [0.25, 0.3) is 0 Å². The molecular weight excluding hydrogens is 214 g/mol. The van der Waals surface area contributed by atoms with Crippen LogP contribution in [0.2, 0.25) is 0 Å². The molecule has 1 aromatic rings. The highest BCUT2D eigenvalue weighted by Crippen LogP contribution is 2.16. The minimum absolute atomic E-state index is 0.374. The summed E-state index contributed by atoms with van der Waals surface area (Å²) in [6.07, 6.45) is 0.982. The van der Waals surface area contributed by atoms with Crippen molar-refractivity contribution in [1.82, 2.24) is 5.32 Å². The van der Waals surface area contributed by atoms with Crippen LogP contribution in [0.1, 0.15) is 16.7 Å². The summed E-state index contributed by atoms with van der Waals surface area (Å²) >= 11 is 1.63. The Balaban J connectivity index is 2.43. The summed E-state index contributed by atoms with van der Waals surface area (Å²) in [7, 11) is 1.18. The summed E-state index contributed by atoms with van der Waals surface area (Å²) in [6.45, 7) is 2.45. The molecule has 5 heteroatoms. The van der Waals surface area contributed by atoms with Crippen LogP contribution in [-0.2, 0) is 27.3 Å². The van der Waals surface area contributed by atoms with Gasteiger partial charge in [-0.1, -0.05) is 6.92 Å². The molecule has 0 radical (unpaired) electrons. The minimum Gasteiger partial charge on any atom is -0.462 e. The van der Waals surface area contributed by atoms with E-state index in [4.69, 9.17) is 0 Å². The van der Waals surface area contributed by atoms with Crippen LogP contribution in [-0.4, -0.2) is 19.0 Å². The molecule has 0 aliphatic rings.